The smallest absolute Gasteiger partial charge is 0.139 e. The van der Waals surface area contributed by atoms with Crippen LogP contribution in [0.2, 0.25) is 0 Å². The highest BCUT2D eigenvalue weighted by molar-refractivity contribution is 14.1. The molecule has 0 amide bonds. The molecule has 0 saturated carbocycles. The van der Waals surface area contributed by atoms with Crippen LogP contribution in [0.4, 0.5) is 0 Å². The predicted octanol–water partition coefficient (Wildman–Crippen LogP) is 1.96. The monoisotopic (exact) mass is 277 g/mol. The number of halogens is 1. The van der Waals surface area contributed by atoms with Gasteiger partial charge < -0.3 is 10.5 Å². The number of ether oxygens (including phenoxy) is 1. The average molecular weight is 277 g/mol. The first kappa shape index (κ1) is 9.80. The van der Waals surface area contributed by atoms with E-state index in [1.54, 1.807) is 0 Å². The third-order valence-electron chi connectivity index (χ3n) is 1.58. The zero-order valence-corrected chi connectivity index (χ0v) is 8.95. The Kier molecular flexibility index (Phi) is 4.39. The summed E-state index contributed by atoms with van der Waals surface area (Å²) in [5.74, 6) is 0.921. The highest BCUT2D eigenvalue weighted by Crippen LogP contribution is 2.12. The number of benzene rings is 1. The number of hydrogen-bond donors (Lipinski definition) is 1. The number of hydrogen-bond acceptors (Lipinski definition) is 2. The van der Waals surface area contributed by atoms with Crippen molar-refractivity contribution in [2.24, 2.45) is 5.73 Å². The molecule has 1 aromatic carbocycles. The van der Waals surface area contributed by atoms with E-state index in [1.807, 2.05) is 12.1 Å². The van der Waals surface area contributed by atoms with E-state index in [0.29, 0.717) is 11.2 Å². The highest BCUT2D eigenvalue weighted by atomic mass is 127. The topological polar surface area (TPSA) is 35.2 Å². The van der Waals surface area contributed by atoms with E-state index >= 15 is 0 Å². The second kappa shape index (κ2) is 5.37. The first-order chi connectivity index (χ1) is 5.86. The fourth-order valence-corrected chi connectivity index (χ4v) is 1.34. The molecule has 66 valence electrons. The lowest BCUT2D eigenvalue weighted by Gasteiger charge is -2.02. The van der Waals surface area contributed by atoms with Gasteiger partial charge in [0.2, 0.25) is 0 Å². The van der Waals surface area contributed by atoms with Gasteiger partial charge in [0.25, 0.3) is 0 Å². The molecule has 0 bridgehead atoms. The summed E-state index contributed by atoms with van der Waals surface area (Å²) in [6, 6.07) is 8.05. The standard InChI is InChI=1S/C9H12INO/c10-7-12-9-3-1-8(2-4-9)5-6-11/h1-4H,5-7,11H2. The summed E-state index contributed by atoms with van der Waals surface area (Å²) < 4.78 is 5.98. The summed E-state index contributed by atoms with van der Waals surface area (Å²) in [6.45, 7) is 0.701. The van der Waals surface area contributed by atoms with E-state index in [2.05, 4.69) is 34.7 Å². The van der Waals surface area contributed by atoms with E-state index in [9.17, 15) is 0 Å². The van der Waals surface area contributed by atoms with E-state index in [0.717, 1.165) is 12.2 Å². The lowest BCUT2D eigenvalue weighted by molar-refractivity contribution is 0.404. The van der Waals surface area contributed by atoms with Crippen molar-refractivity contribution in [3.8, 4) is 5.75 Å². The van der Waals surface area contributed by atoms with Crippen LogP contribution >= 0.6 is 22.6 Å². The van der Waals surface area contributed by atoms with Gasteiger partial charge in [-0.1, -0.05) is 12.1 Å². The molecule has 0 spiro atoms. The highest BCUT2D eigenvalue weighted by Gasteiger charge is 1.92. The Labute approximate surface area is 86.2 Å². The van der Waals surface area contributed by atoms with Crippen LogP contribution in [0.1, 0.15) is 5.56 Å². The second-order valence-electron chi connectivity index (χ2n) is 2.44. The Balaban J connectivity index is 2.58. The maximum Gasteiger partial charge on any atom is 0.139 e. The van der Waals surface area contributed by atoms with E-state index in [4.69, 9.17) is 10.5 Å². The number of rotatable bonds is 4. The van der Waals surface area contributed by atoms with Crippen molar-refractivity contribution in [2.75, 3.05) is 11.2 Å². The molecule has 0 atom stereocenters. The molecule has 3 heteroatoms. The van der Waals surface area contributed by atoms with Crippen molar-refractivity contribution in [3.05, 3.63) is 29.8 Å². The van der Waals surface area contributed by atoms with Gasteiger partial charge in [0.1, 0.15) is 10.4 Å². The molecule has 0 aliphatic rings. The Morgan fingerprint density at radius 2 is 1.92 bits per heavy atom. The van der Waals surface area contributed by atoms with Crippen LogP contribution in [0.15, 0.2) is 24.3 Å². The van der Waals surface area contributed by atoms with Crippen molar-refractivity contribution in [1.29, 1.82) is 0 Å². The molecular weight excluding hydrogens is 265 g/mol. The molecule has 0 aliphatic carbocycles. The minimum absolute atomic E-state index is 0.688. The van der Waals surface area contributed by atoms with Gasteiger partial charge in [-0.05, 0) is 53.3 Å². The average Bonchev–Trinajstić information content (AvgIpc) is 2.09. The third kappa shape index (κ3) is 2.98. The Morgan fingerprint density at radius 3 is 2.42 bits per heavy atom. The Morgan fingerprint density at radius 1 is 1.25 bits per heavy atom. The van der Waals surface area contributed by atoms with Gasteiger partial charge >= 0.3 is 0 Å². The van der Waals surface area contributed by atoms with Crippen molar-refractivity contribution in [2.45, 2.75) is 6.42 Å². The summed E-state index contributed by atoms with van der Waals surface area (Å²) >= 11 is 2.17. The predicted molar refractivity (Wildman–Crippen MR) is 58.7 cm³/mol. The SMILES string of the molecule is NCCc1ccc(OCI)cc1. The molecule has 12 heavy (non-hydrogen) atoms. The molecular formula is C9H12INO. The van der Waals surface area contributed by atoms with Crippen LogP contribution in [0, 0.1) is 0 Å². The molecule has 1 rings (SSSR count). The number of nitrogens with two attached hydrogens (primary N) is 1. The molecule has 0 aromatic heterocycles. The molecule has 0 heterocycles. The fourth-order valence-electron chi connectivity index (χ4n) is 0.982. The molecule has 0 aliphatic heterocycles. The van der Waals surface area contributed by atoms with Gasteiger partial charge in [-0.3, -0.25) is 0 Å². The van der Waals surface area contributed by atoms with Gasteiger partial charge in [-0.15, -0.1) is 0 Å². The summed E-state index contributed by atoms with van der Waals surface area (Å²) in [5.41, 5.74) is 6.69. The van der Waals surface area contributed by atoms with Gasteiger partial charge in [0, 0.05) is 0 Å². The van der Waals surface area contributed by atoms with Crippen LogP contribution in [-0.4, -0.2) is 11.2 Å². The zero-order chi connectivity index (χ0) is 8.81. The summed E-state index contributed by atoms with van der Waals surface area (Å²) in [6.07, 6.45) is 0.935. The van der Waals surface area contributed by atoms with Gasteiger partial charge in [0.15, 0.2) is 0 Å². The van der Waals surface area contributed by atoms with Crippen LogP contribution in [0.3, 0.4) is 0 Å². The minimum atomic E-state index is 0.688. The first-order valence-electron chi connectivity index (χ1n) is 3.84. The van der Waals surface area contributed by atoms with Gasteiger partial charge in [0.05, 0.1) is 0 Å². The van der Waals surface area contributed by atoms with Crippen LogP contribution in [0.5, 0.6) is 5.75 Å². The van der Waals surface area contributed by atoms with Crippen LogP contribution < -0.4 is 10.5 Å². The van der Waals surface area contributed by atoms with Crippen molar-refractivity contribution >= 4 is 22.6 Å². The lowest BCUT2D eigenvalue weighted by atomic mass is 10.1. The fraction of sp³-hybridized carbons (Fsp3) is 0.333. The summed E-state index contributed by atoms with van der Waals surface area (Å²) in [5, 5.41) is 0. The van der Waals surface area contributed by atoms with Crippen molar-refractivity contribution in [1.82, 2.24) is 0 Å². The molecule has 0 saturated heterocycles. The molecule has 0 unspecified atom stereocenters. The Bertz CT molecular complexity index is 197. The van der Waals surface area contributed by atoms with Gasteiger partial charge in [-0.2, -0.15) is 0 Å². The van der Waals surface area contributed by atoms with Crippen LogP contribution in [-0.2, 0) is 6.42 Å². The van der Waals surface area contributed by atoms with Crippen molar-refractivity contribution in [3.63, 3.8) is 0 Å². The first-order valence-corrected chi connectivity index (χ1v) is 5.37. The maximum absolute atomic E-state index is 5.42. The minimum Gasteiger partial charge on any atom is -0.483 e. The lowest BCUT2D eigenvalue weighted by Crippen LogP contribution is -2.02. The summed E-state index contributed by atoms with van der Waals surface area (Å²) in [7, 11) is 0. The molecule has 0 radical (unpaired) electrons. The number of alkyl halides is 1. The molecule has 2 N–H and O–H groups in total. The van der Waals surface area contributed by atoms with E-state index < -0.39 is 0 Å². The molecule has 1 aromatic rings. The van der Waals surface area contributed by atoms with E-state index in [-0.39, 0.29) is 0 Å². The third-order valence-corrected chi connectivity index (χ3v) is 1.89. The molecule has 2 nitrogen and oxygen atoms in total. The second-order valence-corrected chi connectivity index (χ2v) is 3.06. The quantitative estimate of drug-likeness (QED) is 0.674. The maximum atomic E-state index is 5.42. The van der Waals surface area contributed by atoms with E-state index in [1.165, 1.54) is 5.56 Å². The van der Waals surface area contributed by atoms with Crippen molar-refractivity contribution < 1.29 is 4.74 Å². The Hall–Kier alpha value is -0.290. The summed E-state index contributed by atoms with van der Waals surface area (Å²) in [4.78, 5) is 0. The largest absolute Gasteiger partial charge is 0.483 e. The van der Waals surface area contributed by atoms with Crippen LogP contribution in [0.25, 0.3) is 0 Å². The van der Waals surface area contributed by atoms with Gasteiger partial charge in [-0.25, -0.2) is 0 Å². The zero-order valence-electron chi connectivity index (χ0n) is 6.79. The normalized spacial score (nSPS) is 9.83. The molecule has 0 fully saturated rings.